The molecule has 0 spiro atoms. The van der Waals surface area contributed by atoms with E-state index in [1.165, 1.54) is 32.1 Å². The number of hydrogen-bond acceptors (Lipinski definition) is 4. The van der Waals surface area contributed by atoms with Crippen molar-refractivity contribution in [2.45, 2.75) is 39.0 Å². The molecule has 1 aliphatic carbocycles. The summed E-state index contributed by atoms with van der Waals surface area (Å²) in [5.41, 5.74) is 1.16. The summed E-state index contributed by atoms with van der Waals surface area (Å²) in [6.45, 7) is 8.38. The maximum atomic E-state index is 12.1. The standard InChI is InChI=1S/C18H29N3O3/c1-3-10-21(12-14-8-6-5-7-9-14)13-16-15(17(22)24-4-2)11-19-18(23)20-16/h3,14H,1,4-13H2,2H3,(H2,19,20,23). The first-order chi connectivity index (χ1) is 11.6. The van der Waals surface area contributed by atoms with Gasteiger partial charge in [-0.1, -0.05) is 25.3 Å². The van der Waals surface area contributed by atoms with Crippen molar-refractivity contribution in [3.05, 3.63) is 23.9 Å². The van der Waals surface area contributed by atoms with Crippen LogP contribution in [0.25, 0.3) is 0 Å². The predicted octanol–water partition coefficient (Wildman–Crippen LogP) is 2.18. The molecule has 0 saturated heterocycles. The van der Waals surface area contributed by atoms with Gasteiger partial charge in [0.2, 0.25) is 0 Å². The van der Waals surface area contributed by atoms with Crippen LogP contribution in [0.2, 0.25) is 0 Å². The van der Waals surface area contributed by atoms with E-state index in [4.69, 9.17) is 4.74 Å². The molecule has 0 unspecified atom stereocenters. The number of esters is 1. The number of rotatable bonds is 8. The molecule has 0 radical (unpaired) electrons. The van der Waals surface area contributed by atoms with Crippen molar-refractivity contribution in [3.8, 4) is 0 Å². The summed E-state index contributed by atoms with van der Waals surface area (Å²) in [4.78, 5) is 26.1. The highest BCUT2D eigenvalue weighted by Gasteiger charge is 2.26. The van der Waals surface area contributed by atoms with Crippen molar-refractivity contribution in [1.29, 1.82) is 0 Å². The number of hydrogen-bond donors (Lipinski definition) is 2. The van der Waals surface area contributed by atoms with Gasteiger partial charge in [0.05, 0.1) is 18.7 Å². The fourth-order valence-electron chi connectivity index (χ4n) is 3.43. The van der Waals surface area contributed by atoms with Gasteiger partial charge in [0.25, 0.3) is 0 Å². The zero-order valence-corrected chi connectivity index (χ0v) is 14.6. The van der Waals surface area contributed by atoms with Crippen LogP contribution in [0.5, 0.6) is 0 Å². The number of ether oxygens (including phenoxy) is 1. The number of urea groups is 1. The van der Waals surface area contributed by atoms with Gasteiger partial charge < -0.3 is 15.4 Å². The van der Waals surface area contributed by atoms with Crippen molar-refractivity contribution in [1.82, 2.24) is 15.5 Å². The maximum Gasteiger partial charge on any atom is 0.337 e. The summed E-state index contributed by atoms with van der Waals surface area (Å²) in [5, 5.41) is 5.43. The Morgan fingerprint density at radius 1 is 1.38 bits per heavy atom. The molecule has 6 heteroatoms. The molecule has 134 valence electrons. The minimum Gasteiger partial charge on any atom is -0.463 e. The van der Waals surface area contributed by atoms with Crippen LogP contribution < -0.4 is 10.6 Å². The van der Waals surface area contributed by atoms with Crippen LogP contribution in [0.4, 0.5) is 4.79 Å². The molecule has 2 rings (SSSR count). The maximum absolute atomic E-state index is 12.1. The largest absolute Gasteiger partial charge is 0.463 e. The van der Waals surface area contributed by atoms with Gasteiger partial charge in [-0.2, -0.15) is 0 Å². The van der Waals surface area contributed by atoms with E-state index in [-0.39, 0.29) is 18.5 Å². The van der Waals surface area contributed by atoms with Gasteiger partial charge in [-0.05, 0) is 25.7 Å². The molecule has 1 heterocycles. The van der Waals surface area contributed by atoms with Crippen LogP contribution in [-0.2, 0) is 9.53 Å². The van der Waals surface area contributed by atoms with E-state index in [2.05, 4.69) is 22.1 Å². The zero-order valence-electron chi connectivity index (χ0n) is 14.6. The second-order valence-electron chi connectivity index (χ2n) is 6.47. The Hall–Kier alpha value is -1.82. The summed E-state index contributed by atoms with van der Waals surface area (Å²) >= 11 is 0. The predicted molar refractivity (Wildman–Crippen MR) is 93.4 cm³/mol. The van der Waals surface area contributed by atoms with Gasteiger partial charge in [0.15, 0.2) is 0 Å². The SMILES string of the molecule is C=CCN(CC1=C(C(=O)OCC)CNC(=O)N1)CC1CCCCC1. The van der Waals surface area contributed by atoms with E-state index in [1.807, 2.05) is 6.08 Å². The number of nitrogens with one attached hydrogen (secondary N) is 2. The Bertz CT molecular complexity index is 496. The van der Waals surface area contributed by atoms with Gasteiger partial charge in [0, 0.05) is 25.3 Å². The molecule has 24 heavy (non-hydrogen) atoms. The molecule has 0 aromatic heterocycles. The van der Waals surface area contributed by atoms with Gasteiger partial charge in [0.1, 0.15) is 0 Å². The Labute approximate surface area is 144 Å². The molecule has 6 nitrogen and oxygen atoms in total. The van der Waals surface area contributed by atoms with Crippen LogP contribution in [-0.4, -0.2) is 49.7 Å². The molecule has 1 saturated carbocycles. The molecule has 1 fully saturated rings. The second kappa shape index (κ2) is 9.47. The molecular formula is C18H29N3O3. The van der Waals surface area contributed by atoms with E-state index >= 15 is 0 Å². The van der Waals surface area contributed by atoms with Crippen LogP contribution in [0.1, 0.15) is 39.0 Å². The topological polar surface area (TPSA) is 70.7 Å². The minimum absolute atomic E-state index is 0.214. The van der Waals surface area contributed by atoms with Gasteiger partial charge in [-0.3, -0.25) is 4.90 Å². The minimum atomic E-state index is -0.365. The lowest BCUT2D eigenvalue weighted by molar-refractivity contribution is -0.138. The molecule has 2 aliphatic rings. The second-order valence-corrected chi connectivity index (χ2v) is 6.47. The van der Waals surface area contributed by atoms with Crippen LogP contribution in [0.15, 0.2) is 23.9 Å². The summed E-state index contributed by atoms with van der Waals surface area (Å²) in [7, 11) is 0. The molecule has 0 bridgehead atoms. The van der Waals surface area contributed by atoms with E-state index in [0.29, 0.717) is 30.3 Å². The first kappa shape index (κ1) is 18.5. The van der Waals surface area contributed by atoms with Crippen molar-refractivity contribution in [2.75, 3.05) is 32.8 Å². The van der Waals surface area contributed by atoms with E-state index < -0.39 is 0 Å². The molecular weight excluding hydrogens is 306 g/mol. The zero-order chi connectivity index (χ0) is 17.4. The smallest absolute Gasteiger partial charge is 0.337 e. The lowest BCUT2D eigenvalue weighted by atomic mass is 9.89. The quantitative estimate of drug-likeness (QED) is 0.527. The van der Waals surface area contributed by atoms with Crippen LogP contribution in [0, 0.1) is 5.92 Å². The van der Waals surface area contributed by atoms with Crippen LogP contribution in [0.3, 0.4) is 0 Å². The molecule has 0 aromatic carbocycles. The number of carbonyl (C=O) groups is 2. The van der Waals surface area contributed by atoms with Crippen molar-refractivity contribution < 1.29 is 14.3 Å². The summed E-state index contributed by atoms with van der Waals surface area (Å²) in [6, 6.07) is -0.269. The van der Waals surface area contributed by atoms with Crippen LogP contribution >= 0.6 is 0 Å². The van der Waals surface area contributed by atoms with Crippen molar-refractivity contribution >= 4 is 12.0 Å². The highest BCUT2D eigenvalue weighted by Crippen LogP contribution is 2.24. The highest BCUT2D eigenvalue weighted by atomic mass is 16.5. The van der Waals surface area contributed by atoms with E-state index in [0.717, 1.165) is 13.1 Å². The Kier molecular flexibility index (Phi) is 7.31. The molecule has 2 N–H and O–H groups in total. The highest BCUT2D eigenvalue weighted by molar-refractivity contribution is 5.93. The number of carbonyl (C=O) groups excluding carboxylic acids is 2. The van der Waals surface area contributed by atoms with Crippen molar-refractivity contribution in [3.63, 3.8) is 0 Å². The first-order valence-electron chi connectivity index (χ1n) is 8.91. The Morgan fingerprint density at radius 3 is 2.79 bits per heavy atom. The Morgan fingerprint density at radius 2 is 2.12 bits per heavy atom. The fraction of sp³-hybridized carbons (Fsp3) is 0.667. The monoisotopic (exact) mass is 335 g/mol. The van der Waals surface area contributed by atoms with Gasteiger partial charge in [-0.25, -0.2) is 9.59 Å². The fourth-order valence-corrected chi connectivity index (χ4v) is 3.43. The molecule has 2 amide bonds. The summed E-state index contributed by atoms with van der Waals surface area (Å²) in [6.07, 6.45) is 8.30. The number of amides is 2. The van der Waals surface area contributed by atoms with Gasteiger partial charge >= 0.3 is 12.0 Å². The molecule has 0 aromatic rings. The molecule has 1 aliphatic heterocycles. The lowest BCUT2D eigenvalue weighted by Gasteiger charge is -2.31. The summed E-state index contributed by atoms with van der Waals surface area (Å²) in [5.74, 6) is 0.318. The number of nitrogens with zero attached hydrogens (tertiary/aromatic N) is 1. The van der Waals surface area contributed by atoms with Gasteiger partial charge in [-0.15, -0.1) is 6.58 Å². The van der Waals surface area contributed by atoms with Crippen molar-refractivity contribution in [2.24, 2.45) is 5.92 Å². The first-order valence-corrected chi connectivity index (χ1v) is 8.91. The van der Waals surface area contributed by atoms with E-state index in [1.54, 1.807) is 6.92 Å². The van der Waals surface area contributed by atoms with E-state index in [9.17, 15) is 9.59 Å². The normalized spacial score (nSPS) is 19.0. The Balaban J connectivity index is 2.08. The third-order valence-electron chi connectivity index (χ3n) is 4.59. The third kappa shape index (κ3) is 5.37. The third-order valence-corrected chi connectivity index (χ3v) is 4.59. The summed E-state index contributed by atoms with van der Waals surface area (Å²) < 4.78 is 5.11. The lowest BCUT2D eigenvalue weighted by Crippen LogP contribution is -2.47. The average molecular weight is 335 g/mol. The molecule has 0 atom stereocenters. The average Bonchev–Trinajstić information content (AvgIpc) is 2.56.